The molecule has 1 N–H and O–H groups in total. The molecule has 0 aromatic carbocycles. The lowest BCUT2D eigenvalue weighted by atomic mass is 9.42. The van der Waals surface area contributed by atoms with Crippen molar-refractivity contribution in [1.29, 1.82) is 0 Å². The lowest BCUT2D eigenvalue weighted by molar-refractivity contribution is -0.205. The molecule has 31 heavy (non-hydrogen) atoms. The van der Waals surface area contributed by atoms with E-state index in [0.717, 1.165) is 30.9 Å². The average Bonchev–Trinajstić information content (AvgIpc) is 3.41. The molecule has 5 fully saturated rings. The van der Waals surface area contributed by atoms with Gasteiger partial charge in [-0.25, -0.2) is 0 Å². The molecular formula is C27H40O4. The van der Waals surface area contributed by atoms with Gasteiger partial charge < -0.3 is 19.0 Å². The van der Waals surface area contributed by atoms with Gasteiger partial charge >= 0.3 is 0 Å². The van der Waals surface area contributed by atoms with E-state index in [0.29, 0.717) is 29.1 Å². The number of hydrogen-bond acceptors (Lipinski definition) is 4. The van der Waals surface area contributed by atoms with E-state index in [-0.39, 0.29) is 17.6 Å². The van der Waals surface area contributed by atoms with Crippen LogP contribution in [0, 0.1) is 40.4 Å². The first-order valence-electron chi connectivity index (χ1n) is 12.7. The van der Waals surface area contributed by atoms with Gasteiger partial charge in [-0.1, -0.05) is 27.2 Å². The van der Waals surface area contributed by atoms with Gasteiger partial charge in [0, 0.05) is 5.41 Å². The molecule has 1 aliphatic heterocycles. The molecule has 1 saturated heterocycles. The van der Waals surface area contributed by atoms with Crippen molar-refractivity contribution >= 4 is 0 Å². The summed E-state index contributed by atoms with van der Waals surface area (Å²) in [5, 5.41) is 12.0. The highest BCUT2D eigenvalue weighted by Gasteiger charge is 2.71. The SMILES string of the molecule is C[C@H]1CC[C@]2(C)C3CC[C@@]4(C)[C@@H](CC[C@@]4(O)c4ccco4)C3[C@H]3OC(C)(C)O[C@@H]3[C@H]2C1. The van der Waals surface area contributed by atoms with Crippen LogP contribution in [0.3, 0.4) is 0 Å². The Morgan fingerprint density at radius 1 is 0.903 bits per heavy atom. The lowest BCUT2D eigenvalue weighted by Gasteiger charge is -2.63. The molecule has 1 aromatic heterocycles. The molecular weight excluding hydrogens is 388 g/mol. The van der Waals surface area contributed by atoms with Crippen molar-refractivity contribution in [3.8, 4) is 0 Å². The minimum atomic E-state index is -0.880. The van der Waals surface area contributed by atoms with Crippen molar-refractivity contribution in [1.82, 2.24) is 0 Å². The molecule has 172 valence electrons. The van der Waals surface area contributed by atoms with Crippen LogP contribution in [0.4, 0.5) is 0 Å². The summed E-state index contributed by atoms with van der Waals surface area (Å²) in [6.45, 7) is 11.5. The van der Waals surface area contributed by atoms with Crippen LogP contribution < -0.4 is 0 Å². The molecule has 2 unspecified atom stereocenters. The second-order valence-corrected chi connectivity index (χ2v) is 12.7. The molecule has 0 radical (unpaired) electrons. The molecule has 4 aliphatic carbocycles. The van der Waals surface area contributed by atoms with Crippen molar-refractivity contribution in [2.24, 2.45) is 40.4 Å². The predicted octanol–water partition coefficient (Wildman–Crippen LogP) is 5.89. The van der Waals surface area contributed by atoms with Gasteiger partial charge in [0.25, 0.3) is 0 Å². The largest absolute Gasteiger partial charge is 0.466 e. The first-order valence-corrected chi connectivity index (χ1v) is 12.7. The highest BCUT2D eigenvalue weighted by atomic mass is 16.8. The van der Waals surface area contributed by atoms with E-state index in [1.807, 2.05) is 12.1 Å². The van der Waals surface area contributed by atoms with Crippen LogP contribution in [0.25, 0.3) is 0 Å². The van der Waals surface area contributed by atoms with Gasteiger partial charge in [-0.05, 0) is 99.5 Å². The summed E-state index contributed by atoms with van der Waals surface area (Å²) in [7, 11) is 0. The predicted molar refractivity (Wildman–Crippen MR) is 118 cm³/mol. The van der Waals surface area contributed by atoms with E-state index in [1.54, 1.807) is 6.26 Å². The standard InChI is InChI=1S/C27H40O4/c1-16-8-11-25(4)17-9-12-26(5)18(10-13-27(26,28)20-7-6-14-29-20)21(17)23-22(19(25)15-16)30-24(2,3)31-23/h6-7,14,16-19,21-23,28H,8-13,15H2,1-5H3/t16-,17?,18-,19+,21?,22+,23+,25+,26-,27+/m0/s1. The molecule has 2 heterocycles. The fourth-order valence-electron chi connectivity index (χ4n) is 9.32. The summed E-state index contributed by atoms with van der Waals surface area (Å²) in [6.07, 6.45) is 9.99. The third-order valence-corrected chi connectivity index (χ3v) is 10.9. The average molecular weight is 429 g/mol. The molecule has 0 amide bonds. The zero-order chi connectivity index (χ0) is 21.8. The molecule has 6 rings (SSSR count). The van der Waals surface area contributed by atoms with Crippen LogP contribution in [0.5, 0.6) is 0 Å². The van der Waals surface area contributed by atoms with E-state index in [9.17, 15) is 5.11 Å². The maximum absolute atomic E-state index is 12.0. The summed E-state index contributed by atoms with van der Waals surface area (Å²) >= 11 is 0. The van der Waals surface area contributed by atoms with Crippen molar-refractivity contribution in [3.63, 3.8) is 0 Å². The maximum Gasteiger partial charge on any atom is 0.163 e. The van der Waals surface area contributed by atoms with Gasteiger partial charge in [-0.3, -0.25) is 0 Å². The Morgan fingerprint density at radius 3 is 2.39 bits per heavy atom. The first-order chi connectivity index (χ1) is 14.6. The van der Waals surface area contributed by atoms with Gasteiger partial charge in [-0.2, -0.15) is 0 Å². The molecule has 0 spiro atoms. The summed E-state index contributed by atoms with van der Waals surface area (Å²) < 4.78 is 19.2. The minimum absolute atomic E-state index is 0.145. The Balaban J connectivity index is 1.44. The van der Waals surface area contributed by atoms with Crippen LogP contribution in [-0.2, 0) is 15.1 Å². The Morgan fingerprint density at radius 2 is 1.65 bits per heavy atom. The van der Waals surface area contributed by atoms with Crippen molar-refractivity contribution in [2.45, 2.75) is 103 Å². The van der Waals surface area contributed by atoms with Gasteiger partial charge in [0.1, 0.15) is 11.4 Å². The number of hydrogen-bond donors (Lipinski definition) is 1. The van der Waals surface area contributed by atoms with E-state index in [2.05, 4.69) is 34.6 Å². The van der Waals surface area contributed by atoms with Gasteiger partial charge in [0.2, 0.25) is 0 Å². The number of fused-ring (bicyclic) bond motifs is 8. The Kier molecular flexibility index (Phi) is 4.28. The molecule has 4 heteroatoms. The fourth-order valence-corrected chi connectivity index (χ4v) is 9.32. The second kappa shape index (κ2) is 6.39. The normalized spacial score (nSPS) is 55.2. The van der Waals surface area contributed by atoms with Gasteiger partial charge in [0.15, 0.2) is 5.79 Å². The first kappa shape index (κ1) is 20.7. The lowest BCUT2D eigenvalue weighted by Crippen LogP contribution is -2.63. The van der Waals surface area contributed by atoms with Crippen molar-refractivity contribution < 1.29 is 19.0 Å². The zero-order valence-corrected chi connectivity index (χ0v) is 19.9. The monoisotopic (exact) mass is 428 g/mol. The van der Waals surface area contributed by atoms with Crippen LogP contribution >= 0.6 is 0 Å². The summed E-state index contributed by atoms with van der Waals surface area (Å²) in [5.41, 5.74) is -0.748. The molecule has 5 aliphatic rings. The molecule has 0 bridgehead atoms. The quantitative estimate of drug-likeness (QED) is 0.606. The van der Waals surface area contributed by atoms with Crippen LogP contribution in [0.2, 0.25) is 0 Å². The zero-order valence-electron chi connectivity index (χ0n) is 19.9. The molecule has 10 atom stereocenters. The number of furan rings is 1. The van der Waals surface area contributed by atoms with Crippen molar-refractivity contribution in [3.05, 3.63) is 24.2 Å². The molecule has 4 saturated carbocycles. The van der Waals surface area contributed by atoms with Gasteiger partial charge in [-0.15, -0.1) is 0 Å². The Labute approximate surface area is 187 Å². The smallest absolute Gasteiger partial charge is 0.163 e. The van der Waals surface area contributed by atoms with E-state index >= 15 is 0 Å². The summed E-state index contributed by atoms with van der Waals surface area (Å²) in [4.78, 5) is 0. The van der Waals surface area contributed by atoms with Crippen LogP contribution in [-0.4, -0.2) is 23.1 Å². The van der Waals surface area contributed by atoms with Crippen LogP contribution in [0.15, 0.2) is 22.8 Å². The van der Waals surface area contributed by atoms with E-state index in [4.69, 9.17) is 13.9 Å². The van der Waals surface area contributed by atoms with E-state index < -0.39 is 11.4 Å². The Hall–Kier alpha value is -0.840. The highest BCUT2D eigenvalue weighted by Crippen LogP contribution is 2.71. The fraction of sp³-hybridized carbons (Fsp3) is 0.852. The number of aliphatic hydroxyl groups is 1. The molecule has 4 nitrogen and oxygen atoms in total. The topological polar surface area (TPSA) is 51.8 Å². The van der Waals surface area contributed by atoms with E-state index in [1.165, 1.54) is 25.7 Å². The Bertz CT molecular complexity index is 847. The number of rotatable bonds is 1. The van der Waals surface area contributed by atoms with Crippen LogP contribution in [0.1, 0.15) is 85.3 Å². The maximum atomic E-state index is 12.0. The summed E-state index contributed by atoms with van der Waals surface area (Å²) in [6, 6.07) is 3.89. The minimum Gasteiger partial charge on any atom is -0.466 e. The van der Waals surface area contributed by atoms with Crippen molar-refractivity contribution in [2.75, 3.05) is 0 Å². The summed E-state index contributed by atoms with van der Waals surface area (Å²) in [5.74, 6) is 3.12. The highest BCUT2D eigenvalue weighted by molar-refractivity contribution is 5.24. The molecule has 1 aromatic rings. The third kappa shape index (κ3) is 2.59. The third-order valence-electron chi connectivity index (χ3n) is 10.9. The number of ether oxygens (including phenoxy) is 2. The van der Waals surface area contributed by atoms with Gasteiger partial charge in [0.05, 0.1) is 18.5 Å². The second-order valence-electron chi connectivity index (χ2n) is 12.7.